The monoisotopic (exact) mass is 492 g/mol. The molecule has 9 atom stereocenters. The molecule has 3 aliphatic rings. The summed E-state index contributed by atoms with van der Waals surface area (Å²) in [4.78, 5) is 12.2. The number of phenolic OH excluding ortho intramolecular Hbond substituents is 1. The van der Waals surface area contributed by atoms with Crippen molar-refractivity contribution >= 4 is 12.0 Å². The van der Waals surface area contributed by atoms with Gasteiger partial charge in [-0.3, -0.25) is 0 Å². The Morgan fingerprint density at radius 2 is 1.80 bits per heavy atom. The van der Waals surface area contributed by atoms with Gasteiger partial charge in [-0.2, -0.15) is 0 Å². The van der Waals surface area contributed by atoms with E-state index < -0.39 is 67.7 Å². The lowest BCUT2D eigenvalue weighted by atomic mass is 9.83. The molecular formula is C24H28O11. The van der Waals surface area contributed by atoms with Crippen LogP contribution >= 0.6 is 0 Å². The lowest BCUT2D eigenvalue weighted by Crippen LogP contribution is -2.61. The van der Waals surface area contributed by atoms with E-state index in [2.05, 4.69) is 0 Å². The summed E-state index contributed by atoms with van der Waals surface area (Å²) in [6.45, 7) is -1.05. The molecular weight excluding hydrogens is 464 g/mol. The fourth-order valence-electron chi connectivity index (χ4n) is 4.30. The highest BCUT2D eigenvalue weighted by Gasteiger charge is 2.53. The Labute approximate surface area is 200 Å². The number of esters is 1. The Kier molecular flexibility index (Phi) is 7.57. The number of fused-ring (bicyclic) bond motifs is 1. The minimum atomic E-state index is -1.68. The summed E-state index contributed by atoms with van der Waals surface area (Å²) in [5.41, 5.74) is -1.02. The van der Waals surface area contributed by atoms with Crippen LogP contribution in [0.4, 0.5) is 0 Å². The molecule has 1 fully saturated rings. The van der Waals surface area contributed by atoms with Crippen molar-refractivity contribution in [3.63, 3.8) is 0 Å². The van der Waals surface area contributed by atoms with Gasteiger partial charge in [-0.1, -0.05) is 24.3 Å². The lowest BCUT2D eigenvalue weighted by molar-refractivity contribution is -0.346. The number of aliphatic hydroxyl groups is 5. The van der Waals surface area contributed by atoms with Crippen LogP contribution in [-0.2, 0) is 23.7 Å². The zero-order valence-corrected chi connectivity index (χ0v) is 18.5. The molecule has 4 rings (SSSR count). The second kappa shape index (κ2) is 10.5. The Morgan fingerprint density at radius 1 is 1.06 bits per heavy atom. The first kappa shape index (κ1) is 25.3. The second-order valence-corrected chi connectivity index (χ2v) is 8.65. The van der Waals surface area contributed by atoms with Gasteiger partial charge in [0.1, 0.15) is 42.4 Å². The number of hydrogen-bond donors (Lipinski definition) is 6. The predicted molar refractivity (Wildman–Crippen MR) is 118 cm³/mol. The van der Waals surface area contributed by atoms with E-state index in [0.29, 0.717) is 5.56 Å². The zero-order chi connectivity index (χ0) is 25.2. The minimum Gasteiger partial charge on any atom is -0.508 e. The Hall–Kier alpha value is -2.77. The lowest BCUT2D eigenvalue weighted by Gasteiger charge is -2.44. The largest absolute Gasteiger partial charge is 0.508 e. The van der Waals surface area contributed by atoms with E-state index in [-0.39, 0.29) is 11.7 Å². The first-order valence-corrected chi connectivity index (χ1v) is 11.1. The Morgan fingerprint density at radius 3 is 2.51 bits per heavy atom. The predicted octanol–water partition coefficient (Wildman–Crippen LogP) is -0.832. The van der Waals surface area contributed by atoms with E-state index in [1.807, 2.05) is 0 Å². The fraction of sp³-hybridized carbons (Fsp3) is 0.458. The van der Waals surface area contributed by atoms with Gasteiger partial charge >= 0.3 is 5.97 Å². The van der Waals surface area contributed by atoms with Gasteiger partial charge in [0.25, 0.3) is 0 Å². The van der Waals surface area contributed by atoms with Crippen molar-refractivity contribution in [2.24, 2.45) is 11.8 Å². The van der Waals surface area contributed by atoms with E-state index in [1.165, 1.54) is 36.6 Å². The van der Waals surface area contributed by atoms with Crippen LogP contribution in [0.5, 0.6) is 5.75 Å². The number of benzene rings is 1. The average molecular weight is 492 g/mol. The number of carbonyl (C=O) groups excluding carboxylic acids is 1. The highest BCUT2D eigenvalue weighted by molar-refractivity contribution is 5.87. The van der Waals surface area contributed by atoms with Crippen molar-refractivity contribution < 1.29 is 54.4 Å². The number of aromatic hydroxyl groups is 1. The van der Waals surface area contributed by atoms with Crippen molar-refractivity contribution in [1.29, 1.82) is 0 Å². The maximum atomic E-state index is 12.2. The third kappa shape index (κ3) is 5.41. The van der Waals surface area contributed by atoms with Gasteiger partial charge in [0.15, 0.2) is 6.29 Å². The second-order valence-electron chi connectivity index (χ2n) is 8.65. The molecule has 190 valence electrons. The molecule has 0 unspecified atom stereocenters. The number of hydrogen-bond acceptors (Lipinski definition) is 11. The molecule has 11 nitrogen and oxygen atoms in total. The third-order valence-electron chi connectivity index (χ3n) is 6.27. The molecule has 2 aliphatic heterocycles. The van der Waals surface area contributed by atoms with Gasteiger partial charge < -0.3 is 49.6 Å². The summed E-state index contributed by atoms with van der Waals surface area (Å²) in [5, 5.41) is 60.2. The van der Waals surface area contributed by atoms with Gasteiger partial charge in [0, 0.05) is 12.0 Å². The highest BCUT2D eigenvalue weighted by Crippen LogP contribution is 2.42. The molecule has 0 radical (unpaired) electrons. The molecule has 2 heterocycles. The molecule has 11 heteroatoms. The van der Waals surface area contributed by atoms with Crippen LogP contribution in [-0.4, -0.2) is 92.4 Å². The van der Waals surface area contributed by atoms with E-state index in [0.717, 1.165) is 0 Å². The Balaban J connectivity index is 1.41. The van der Waals surface area contributed by atoms with E-state index >= 15 is 0 Å². The first-order valence-electron chi connectivity index (χ1n) is 11.1. The SMILES string of the molecule is O=C(/C=C\c1ccc(O)cc1)OC[C@@]1(O)C=C[C@@H]2C=CO[C@@H](O[C@@H]3O[C@@H](CO)[C@@H](O)[C@H](O)[C@H]3O)[C@@H]21. The highest BCUT2D eigenvalue weighted by atomic mass is 16.8. The number of aliphatic hydroxyl groups excluding tert-OH is 4. The van der Waals surface area contributed by atoms with Crippen LogP contribution in [0.3, 0.4) is 0 Å². The number of carbonyl (C=O) groups is 1. The summed E-state index contributed by atoms with van der Waals surface area (Å²) in [7, 11) is 0. The summed E-state index contributed by atoms with van der Waals surface area (Å²) < 4.78 is 21.9. The van der Waals surface area contributed by atoms with E-state index in [9.17, 15) is 35.4 Å². The van der Waals surface area contributed by atoms with Gasteiger partial charge in [-0.15, -0.1) is 0 Å². The summed E-state index contributed by atoms with van der Waals surface area (Å²) in [6, 6.07) is 6.18. The normalized spacial score (nSPS) is 38.3. The summed E-state index contributed by atoms with van der Waals surface area (Å²) >= 11 is 0. The maximum Gasteiger partial charge on any atom is 0.330 e. The van der Waals surface area contributed by atoms with Gasteiger partial charge in [0.2, 0.25) is 6.29 Å². The summed E-state index contributed by atoms with van der Waals surface area (Å²) in [6.07, 6.45) is 0.243. The van der Waals surface area contributed by atoms with Crippen molar-refractivity contribution in [3.05, 3.63) is 60.4 Å². The molecule has 0 aromatic heterocycles. The molecule has 1 aliphatic carbocycles. The van der Waals surface area contributed by atoms with Gasteiger partial charge in [0.05, 0.1) is 18.8 Å². The van der Waals surface area contributed by atoms with Gasteiger partial charge in [-0.05, 0) is 29.8 Å². The average Bonchev–Trinajstić information content (AvgIpc) is 3.20. The molecule has 6 N–H and O–H groups in total. The smallest absolute Gasteiger partial charge is 0.330 e. The van der Waals surface area contributed by atoms with Crippen LogP contribution in [0.2, 0.25) is 0 Å². The van der Waals surface area contributed by atoms with Crippen molar-refractivity contribution in [2.75, 3.05) is 13.2 Å². The molecule has 1 aromatic carbocycles. The molecule has 0 spiro atoms. The fourth-order valence-corrected chi connectivity index (χ4v) is 4.30. The number of phenols is 1. The molecule has 0 amide bonds. The van der Waals surface area contributed by atoms with Crippen LogP contribution in [0.25, 0.3) is 6.08 Å². The number of rotatable bonds is 7. The van der Waals surface area contributed by atoms with Crippen LogP contribution in [0, 0.1) is 11.8 Å². The molecule has 0 saturated carbocycles. The number of ether oxygens (including phenoxy) is 4. The summed E-state index contributed by atoms with van der Waals surface area (Å²) in [5.74, 6) is -1.76. The minimum absolute atomic E-state index is 0.0961. The number of allylic oxidation sites excluding steroid dienone is 2. The third-order valence-corrected chi connectivity index (χ3v) is 6.27. The zero-order valence-electron chi connectivity index (χ0n) is 18.5. The standard InChI is InChI=1S/C24H28O11/c25-11-16-19(28)20(29)21(30)23(34-16)35-22-18-14(8-10-32-22)7-9-24(18,31)12-33-17(27)6-3-13-1-4-15(26)5-2-13/h1-10,14,16,18-23,25-26,28-31H,11-12H2/b6-3-/t14-,16+,18-,19-,20+,21-,22+,23+,24+/m1/s1. The van der Waals surface area contributed by atoms with E-state index in [1.54, 1.807) is 24.3 Å². The van der Waals surface area contributed by atoms with Crippen molar-refractivity contribution in [2.45, 2.75) is 42.6 Å². The van der Waals surface area contributed by atoms with Crippen LogP contribution < -0.4 is 0 Å². The van der Waals surface area contributed by atoms with Crippen molar-refractivity contribution in [3.8, 4) is 5.75 Å². The molecule has 1 aromatic rings. The Bertz CT molecular complexity index is 972. The van der Waals surface area contributed by atoms with Crippen LogP contribution in [0.1, 0.15) is 5.56 Å². The molecule has 1 saturated heterocycles. The van der Waals surface area contributed by atoms with E-state index in [4.69, 9.17) is 18.9 Å². The van der Waals surface area contributed by atoms with Crippen molar-refractivity contribution in [1.82, 2.24) is 0 Å². The topological polar surface area (TPSA) is 175 Å². The maximum absolute atomic E-state index is 12.2. The van der Waals surface area contributed by atoms with Crippen LogP contribution in [0.15, 0.2) is 54.8 Å². The quantitative estimate of drug-likeness (QED) is 0.159. The molecule has 0 bridgehead atoms. The first-order chi connectivity index (χ1) is 16.7. The molecule has 35 heavy (non-hydrogen) atoms. The van der Waals surface area contributed by atoms with Gasteiger partial charge in [-0.25, -0.2) is 4.79 Å².